The Kier molecular flexibility index (Phi) is 40.6. The van der Waals surface area contributed by atoms with Crippen LogP contribution in [0.1, 0.15) is 113 Å². The van der Waals surface area contributed by atoms with Crippen LogP contribution in [0.25, 0.3) is 10.4 Å². The number of nitrogens with one attached hydrogen (secondary N) is 10. The van der Waals surface area contributed by atoms with Gasteiger partial charge in [-0.15, -0.1) is 0 Å². The second kappa shape index (κ2) is 47.4. The average molecular weight is 1620 g/mol. The molecule has 0 aliphatic carbocycles. The van der Waals surface area contributed by atoms with Crippen molar-refractivity contribution in [3.63, 3.8) is 0 Å². The van der Waals surface area contributed by atoms with Gasteiger partial charge in [0.25, 0.3) is 0 Å². The summed E-state index contributed by atoms with van der Waals surface area (Å²) in [6.07, 6.45) is -28.5. The molecule has 638 valence electrons. The summed E-state index contributed by atoms with van der Waals surface area (Å²) in [5.41, 5.74) is 22.1. The van der Waals surface area contributed by atoms with Crippen molar-refractivity contribution in [3.8, 4) is 0 Å². The lowest BCUT2D eigenvalue weighted by Crippen LogP contribution is -2.66. The van der Waals surface area contributed by atoms with Crippen molar-refractivity contribution in [2.45, 2.75) is 266 Å². The highest BCUT2D eigenvalue weighted by atomic mass is 16.7. The predicted molar refractivity (Wildman–Crippen MR) is 389 cm³/mol. The van der Waals surface area contributed by atoms with E-state index in [1.54, 1.807) is 59.7 Å². The Hall–Kier alpha value is -8.51. The monoisotopic (exact) mass is 1620 g/mol. The maximum Gasteiger partial charge on any atom is 0.326 e. The molecule has 10 amide bonds. The Morgan fingerprint density at radius 1 is 0.602 bits per heavy atom. The van der Waals surface area contributed by atoms with Crippen molar-refractivity contribution >= 4 is 71.0 Å². The number of carbonyl (C=O) groups excluding carboxylic acids is 10. The van der Waals surface area contributed by atoms with Crippen molar-refractivity contribution in [2.24, 2.45) is 34.3 Å². The highest BCUT2D eigenvalue weighted by Gasteiger charge is 2.53. The SMILES string of the molecule is CC[C@H](C)[C@H](NC(=O)[C@@H](N)C(C)C)C(=O)N[C@H](C(=O)N[C@@H](C)C(=O)N[C@@H](Cc1ccccc1)C(=O)N[C@@H](CO[C@H]1O[C@H](CO[C@@H]2O[C@H](CO)[C@@H](O)[C@H](O)[C@H]2NC(C)=O)[C@H](O)[C@H](O[C@@H]2O[C@H](CO)[C@H](O)[C@H](O)[C@H]2O)[C@H]1N=[N+]=[N-])C(=O)N[C@@H](CCC(=O)O)C(=O)NCC(=O)N[C@@H](CC(C)C)C(=O)N[C@@H](CCCCN)C(=O)O)[C@@H](C)O. The first kappa shape index (κ1) is 96.9. The average Bonchev–Trinajstić information content (AvgIpc) is 0.777. The van der Waals surface area contributed by atoms with Crippen LogP contribution in [-0.2, 0) is 92.4 Å². The first-order valence-corrected chi connectivity index (χ1v) is 37.0. The van der Waals surface area contributed by atoms with Crippen LogP contribution < -0.4 is 64.6 Å². The lowest BCUT2D eigenvalue weighted by Gasteiger charge is -2.47. The number of nitrogens with two attached hydrogens (primary N) is 2. The molecule has 3 aliphatic rings. The predicted octanol–water partition coefficient (Wildman–Crippen LogP) is -8.29. The van der Waals surface area contributed by atoms with Crippen LogP contribution in [0.3, 0.4) is 0 Å². The summed E-state index contributed by atoms with van der Waals surface area (Å²) in [5.74, 6) is -14.7. The van der Waals surface area contributed by atoms with Gasteiger partial charge in [-0.3, -0.25) is 52.7 Å². The van der Waals surface area contributed by atoms with E-state index in [4.69, 9.17) is 39.9 Å². The van der Waals surface area contributed by atoms with E-state index in [1.807, 2.05) is 0 Å². The van der Waals surface area contributed by atoms with Gasteiger partial charge in [0.15, 0.2) is 18.9 Å². The fourth-order valence-corrected chi connectivity index (χ4v) is 12.0. The maximum absolute atomic E-state index is 15.2. The van der Waals surface area contributed by atoms with Gasteiger partial charge in [0, 0.05) is 24.7 Å². The first-order chi connectivity index (χ1) is 53.2. The third-order valence-electron chi connectivity index (χ3n) is 18.9. The normalized spacial score (nSPS) is 26.5. The number of aliphatic hydroxyl groups excluding tert-OH is 9. The number of carboxylic acid groups (broad SMARTS) is 2. The van der Waals surface area contributed by atoms with Gasteiger partial charge >= 0.3 is 11.9 Å². The molecule has 1 aromatic rings. The number of hydrogen-bond acceptors (Lipinski definition) is 30. The van der Waals surface area contributed by atoms with Crippen LogP contribution in [-0.4, -0.2) is 319 Å². The second-order valence-corrected chi connectivity index (χ2v) is 28.7. The number of ether oxygens (including phenoxy) is 6. The molecule has 0 spiro atoms. The number of amides is 10. The number of hydrogen-bond donors (Lipinski definition) is 23. The van der Waals surface area contributed by atoms with Gasteiger partial charge in [-0.1, -0.05) is 83.4 Å². The number of carboxylic acids is 2. The number of unbranched alkanes of at least 4 members (excludes halogenated alkanes) is 1. The summed E-state index contributed by atoms with van der Waals surface area (Å²) in [4.78, 5) is 167. The molecule has 3 aliphatic heterocycles. The molecule has 3 heterocycles. The summed E-state index contributed by atoms with van der Waals surface area (Å²) in [7, 11) is 0. The quantitative estimate of drug-likeness (QED) is 0.0125. The molecule has 26 atom stereocenters. The van der Waals surface area contributed by atoms with E-state index < -0.39 is 282 Å². The molecule has 0 saturated carbocycles. The summed E-state index contributed by atoms with van der Waals surface area (Å²) in [6, 6.07) is -10.6. The van der Waals surface area contributed by atoms with Crippen LogP contribution in [0.15, 0.2) is 35.4 Å². The van der Waals surface area contributed by atoms with Gasteiger partial charge in [0.05, 0.1) is 45.1 Å². The molecule has 44 nitrogen and oxygen atoms in total. The fraction of sp³-hybridized carbons (Fsp3) is 0.739. The number of aliphatic carboxylic acids is 2. The zero-order valence-corrected chi connectivity index (χ0v) is 64.2. The summed E-state index contributed by atoms with van der Waals surface area (Å²) in [5, 5.41) is 145. The molecular formula is C69H113N15O29. The van der Waals surface area contributed by atoms with Crippen molar-refractivity contribution in [2.75, 3.05) is 39.5 Å². The Labute approximate surface area is 650 Å². The minimum atomic E-state index is -2.27. The van der Waals surface area contributed by atoms with E-state index >= 15 is 9.59 Å². The van der Waals surface area contributed by atoms with Crippen molar-refractivity contribution in [1.29, 1.82) is 0 Å². The van der Waals surface area contributed by atoms with Crippen molar-refractivity contribution in [1.82, 2.24) is 53.2 Å². The van der Waals surface area contributed by atoms with Gasteiger partial charge < -0.3 is 149 Å². The number of carbonyl (C=O) groups is 12. The Bertz CT molecular complexity index is 3350. The number of aliphatic hydroxyl groups is 9. The minimum absolute atomic E-state index is 0.0115. The van der Waals surface area contributed by atoms with Gasteiger partial charge in [-0.2, -0.15) is 0 Å². The lowest BCUT2D eigenvalue weighted by atomic mass is 9.95. The number of azide groups is 1. The van der Waals surface area contributed by atoms with Gasteiger partial charge in [0.1, 0.15) is 121 Å². The lowest BCUT2D eigenvalue weighted by molar-refractivity contribution is -0.347. The number of rotatable bonds is 46. The van der Waals surface area contributed by atoms with E-state index in [1.165, 1.54) is 12.1 Å². The van der Waals surface area contributed by atoms with Crippen molar-refractivity contribution < 1.29 is 142 Å². The molecule has 1 aromatic carbocycles. The van der Waals surface area contributed by atoms with Crippen molar-refractivity contribution in [3.05, 3.63) is 46.3 Å². The Morgan fingerprint density at radius 2 is 1.17 bits per heavy atom. The van der Waals surface area contributed by atoms with E-state index in [2.05, 4.69) is 63.2 Å². The van der Waals surface area contributed by atoms with Gasteiger partial charge in [0.2, 0.25) is 59.1 Å². The summed E-state index contributed by atoms with van der Waals surface area (Å²) < 4.78 is 35.4. The smallest absolute Gasteiger partial charge is 0.326 e. The third-order valence-corrected chi connectivity index (χ3v) is 18.9. The first-order valence-electron chi connectivity index (χ1n) is 37.0. The second-order valence-electron chi connectivity index (χ2n) is 28.7. The Morgan fingerprint density at radius 3 is 1.73 bits per heavy atom. The Balaban J connectivity index is 1.85. The fourth-order valence-electron chi connectivity index (χ4n) is 12.0. The standard InChI is InChI=1S/C69H113N15O29/c1-10-31(6)47(81-63(103)46(71)30(4)5)64(104)82-48(33(8)87)65(105)74-32(7)58(98)79-39(23-35-16-12-11-13-17-35)61(101)80-40(62(102)77-36(19-20-45(90)91)59(99)73-24-44(89)76-38(22-29(2)3)60(100)78-37(66(106)107)18-14-15-21-70)27-108-68-50(83-84-72)57(113-69-56(97)55(96)52(93)42(26-86)111-69)53(94)43(112-68)28-109-67-49(75-34(9)88)54(95)51(92)41(25-85)110-67/h11-13,16-17,29-33,36-43,46-57,67-69,85-87,92-97H,10,14-15,18-28,70-71H2,1-9H3,(H,73,99)(H,74,105)(H,75,88)(H,76,89)(H,77,102)(H,78,100)(H,79,98)(H,80,101)(H,81,103)(H,82,104)(H,90,91)(H,106,107)/t31-,32-,33+,36-,37-,38-,39-,40-,41+,42+,43+,46-,47-,48-,49+,50+,51+,52-,53-,54+,55-,56+,57+,67+,68-,69-/m0/s1. The molecular weight excluding hydrogens is 1500 g/mol. The van der Waals surface area contributed by atoms with Crippen LogP contribution in [0.2, 0.25) is 0 Å². The molecule has 44 heteroatoms. The van der Waals surface area contributed by atoms with E-state index in [0.29, 0.717) is 24.8 Å². The van der Waals surface area contributed by atoms with Crippen LogP contribution in [0, 0.1) is 17.8 Å². The molecule has 0 unspecified atom stereocenters. The molecule has 4 rings (SSSR count). The zero-order valence-electron chi connectivity index (χ0n) is 64.2. The van der Waals surface area contributed by atoms with Crippen LogP contribution in [0.4, 0.5) is 0 Å². The minimum Gasteiger partial charge on any atom is -0.481 e. The number of benzene rings is 1. The topological polar surface area (TPSA) is 704 Å². The molecule has 0 radical (unpaired) electrons. The molecule has 0 bridgehead atoms. The summed E-state index contributed by atoms with van der Waals surface area (Å²) >= 11 is 0. The van der Waals surface area contributed by atoms with Crippen LogP contribution in [0.5, 0.6) is 0 Å². The van der Waals surface area contributed by atoms with Gasteiger partial charge in [-0.25, -0.2) is 4.79 Å². The third kappa shape index (κ3) is 29.7. The van der Waals surface area contributed by atoms with Crippen LogP contribution >= 0.6 is 0 Å². The molecule has 25 N–H and O–H groups in total. The highest BCUT2D eigenvalue weighted by Crippen LogP contribution is 2.33. The van der Waals surface area contributed by atoms with E-state index in [-0.39, 0.29) is 31.2 Å². The zero-order chi connectivity index (χ0) is 84.8. The highest BCUT2D eigenvalue weighted by molar-refractivity contribution is 5.98. The largest absolute Gasteiger partial charge is 0.481 e. The van der Waals surface area contributed by atoms with E-state index in [9.17, 15) is 110 Å². The van der Waals surface area contributed by atoms with E-state index in [0.717, 1.165) is 20.8 Å². The molecule has 113 heavy (non-hydrogen) atoms. The molecule has 3 fully saturated rings. The molecule has 3 saturated heterocycles. The summed E-state index contributed by atoms with van der Waals surface area (Å²) in [6.45, 7) is 8.53. The molecule has 0 aromatic heterocycles. The maximum atomic E-state index is 15.2. The number of nitrogens with zero attached hydrogens (tertiary/aromatic N) is 3. The van der Waals surface area contributed by atoms with Gasteiger partial charge in [-0.05, 0) is 81.3 Å².